The number of ether oxygens (including phenoxy) is 2. The minimum absolute atomic E-state index is 0.0206. The molecule has 2 aliphatic rings. The molecule has 2 fully saturated rings. The van der Waals surface area contributed by atoms with Gasteiger partial charge in [0.1, 0.15) is 13.4 Å². The van der Waals surface area contributed by atoms with Gasteiger partial charge in [-0.3, -0.25) is 4.57 Å². The summed E-state index contributed by atoms with van der Waals surface area (Å²) in [5.41, 5.74) is -0.715. The normalized spacial score (nSPS) is 53.2. The van der Waals surface area contributed by atoms with Crippen LogP contribution < -0.4 is 0 Å². The van der Waals surface area contributed by atoms with E-state index in [1.54, 1.807) is 7.11 Å². The summed E-state index contributed by atoms with van der Waals surface area (Å²) in [5, 5.41) is 0. The number of hydrogen-bond donors (Lipinski definition) is 0. The van der Waals surface area contributed by atoms with E-state index < -0.39 is 19.1 Å². The maximum absolute atomic E-state index is 11.3. The van der Waals surface area contributed by atoms with E-state index in [9.17, 15) is 4.57 Å². The van der Waals surface area contributed by atoms with Crippen molar-refractivity contribution in [2.45, 2.75) is 24.6 Å². The van der Waals surface area contributed by atoms with Crippen LogP contribution in [0.3, 0.4) is 0 Å². The van der Waals surface area contributed by atoms with Crippen molar-refractivity contribution in [2.24, 2.45) is 5.92 Å². The fourth-order valence-corrected chi connectivity index (χ4v) is 3.05. The van der Waals surface area contributed by atoms with Crippen molar-refractivity contribution in [1.82, 2.24) is 0 Å². The van der Waals surface area contributed by atoms with E-state index in [1.807, 2.05) is 6.92 Å². The lowest BCUT2D eigenvalue weighted by Gasteiger charge is -2.38. The zero-order chi connectivity index (χ0) is 12.0. The number of rotatable bonds is 1. The van der Waals surface area contributed by atoms with Crippen LogP contribution in [0, 0.1) is 5.92 Å². The fraction of sp³-hybridized carbons (Fsp3) is 1.00. The van der Waals surface area contributed by atoms with E-state index in [1.165, 1.54) is 0 Å². The van der Waals surface area contributed by atoms with Crippen molar-refractivity contribution in [3.63, 3.8) is 0 Å². The van der Waals surface area contributed by atoms with E-state index in [4.69, 9.17) is 33.9 Å². The molecule has 2 aliphatic heterocycles. The van der Waals surface area contributed by atoms with Crippen LogP contribution in [0.5, 0.6) is 0 Å². The summed E-state index contributed by atoms with van der Waals surface area (Å²) in [7, 11) is 9.23. The highest BCUT2D eigenvalue weighted by Crippen LogP contribution is 2.52. The molecule has 2 heterocycles. The zero-order valence-corrected chi connectivity index (χ0v) is 10.2. The average molecular weight is 242 g/mol. The molecule has 3 atom stereocenters. The molecule has 86 valence electrons. The second-order valence-corrected chi connectivity index (χ2v) is 5.82. The molecule has 0 N–H and O–H groups in total. The van der Waals surface area contributed by atoms with Gasteiger partial charge in [-0.1, -0.05) is 6.92 Å². The molecular weight excluding hydrogens is 229 g/mol. The Balaban J connectivity index is 2.13. The molecule has 0 aliphatic carbocycles. The van der Waals surface area contributed by atoms with Gasteiger partial charge in [-0.05, 0) is 0 Å². The third-order valence-corrected chi connectivity index (χ3v) is 4.25. The highest BCUT2D eigenvalue weighted by atomic mass is 31.2. The Bertz CT molecular complexity index is 314. The molecule has 8 heteroatoms. The molecule has 0 aromatic rings. The van der Waals surface area contributed by atoms with Gasteiger partial charge in [0.05, 0.1) is 19.3 Å². The van der Waals surface area contributed by atoms with Gasteiger partial charge in [-0.15, -0.1) is 0 Å². The molecular formula is C8H13B2O5P. The summed E-state index contributed by atoms with van der Waals surface area (Å²) in [4.78, 5) is 0. The van der Waals surface area contributed by atoms with Gasteiger partial charge in [-0.25, -0.2) is 0 Å². The van der Waals surface area contributed by atoms with Gasteiger partial charge in [0.15, 0.2) is 0 Å². The van der Waals surface area contributed by atoms with Gasteiger partial charge in [-0.2, -0.15) is 0 Å². The summed E-state index contributed by atoms with van der Waals surface area (Å²) >= 11 is 0. The lowest BCUT2D eigenvalue weighted by atomic mass is 9.83. The molecule has 4 radical (unpaired) electrons. The minimum atomic E-state index is -3.40. The standard InChI is InChI=1S/C8H13B2O5P/c1-5-6(12-2)7(9)15-8(5)3-13-16(10,11)14-4-8/h5-7H,3-4H2,1-2H3/t5?,6-,7+,8?,16?/m0/s1. The molecule has 0 amide bonds. The molecule has 0 bridgehead atoms. The minimum Gasteiger partial charge on any atom is -0.379 e. The fourth-order valence-electron chi connectivity index (χ4n) is 2.18. The third-order valence-electron chi connectivity index (χ3n) is 3.27. The molecule has 16 heavy (non-hydrogen) atoms. The SMILES string of the molecule is [B][C@@H]1OC2(COP([B])(=O)OC2)C(C)[C@@H]1OC. The van der Waals surface area contributed by atoms with Gasteiger partial charge in [0.25, 0.3) is 7.47 Å². The summed E-state index contributed by atoms with van der Waals surface area (Å²) < 4.78 is 32.2. The molecule has 1 unspecified atom stereocenters. The van der Waals surface area contributed by atoms with Crippen LogP contribution in [0.1, 0.15) is 6.92 Å². The van der Waals surface area contributed by atoms with Crippen LogP contribution in [0.15, 0.2) is 0 Å². The molecule has 2 rings (SSSR count). The number of hydrogen-bond acceptors (Lipinski definition) is 5. The van der Waals surface area contributed by atoms with Crippen molar-refractivity contribution < 1.29 is 23.1 Å². The molecule has 1 spiro atoms. The first kappa shape index (κ1) is 12.7. The molecule has 0 aromatic carbocycles. The van der Waals surface area contributed by atoms with E-state index in [2.05, 4.69) is 0 Å². The second kappa shape index (κ2) is 4.14. The van der Waals surface area contributed by atoms with E-state index in [0.29, 0.717) is 0 Å². The van der Waals surface area contributed by atoms with Crippen LogP contribution in [-0.4, -0.2) is 53.4 Å². The summed E-state index contributed by atoms with van der Waals surface area (Å²) in [6.07, 6.45) is -0.234. The van der Waals surface area contributed by atoms with Gasteiger partial charge < -0.3 is 18.5 Å². The van der Waals surface area contributed by atoms with Crippen molar-refractivity contribution >= 4 is 22.9 Å². The van der Waals surface area contributed by atoms with Crippen molar-refractivity contribution in [3.8, 4) is 0 Å². The van der Waals surface area contributed by atoms with Crippen molar-refractivity contribution in [2.75, 3.05) is 20.3 Å². The van der Waals surface area contributed by atoms with Crippen molar-refractivity contribution in [3.05, 3.63) is 0 Å². The van der Waals surface area contributed by atoms with Crippen LogP contribution in [0.2, 0.25) is 0 Å². The lowest BCUT2D eigenvalue weighted by Crippen LogP contribution is -2.48. The van der Waals surface area contributed by atoms with Gasteiger partial charge in [0, 0.05) is 19.0 Å². The van der Waals surface area contributed by atoms with E-state index >= 15 is 0 Å². The topological polar surface area (TPSA) is 54.0 Å². The Hall–Kier alpha value is 0.200. The average Bonchev–Trinajstić information content (AvgIpc) is 2.45. The van der Waals surface area contributed by atoms with Crippen LogP contribution >= 0.6 is 7.47 Å². The quantitative estimate of drug-likeness (QED) is 0.486. The summed E-state index contributed by atoms with van der Waals surface area (Å²) in [6.45, 7) is 2.14. The Morgan fingerprint density at radius 2 is 2.00 bits per heavy atom. The van der Waals surface area contributed by atoms with E-state index in [0.717, 1.165) is 0 Å². The van der Waals surface area contributed by atoms with Crippen molar-refractivity contribution in [1.29, 1.82) is 0 Å². The summed E-state index contributed by atoms with van der Waals surface area (Å²) in [6, 6.07) is -0.539. The Kier molecular flexibility index (Phi) is 3.28. The van der Waals surface area contributed by atoms with Crippen LogP contribution in [-0.2, 0) is 23.1 Å². The molecule has 5 nitrogen and oxygen atoms in total. The third kappa shape index (κ3) is 2.00. The zero-order valence-electron chi connectivity index (χ0n) is 9.29. The highest BCUT2D eigenvalue weighted by Gasteiger charge is 2.54. The predicted octanol–water partition coefficient (Wildman–Crippen LogP) is 0.224. The maximum Gasteiger partial charge on any atom is 0.263 e. The monoisotopic (exact) mass is 242 g/mol. The Morgan fingerprint density at radius 1 is 1.44 bits per heavy atom. The second-order valence-electron chi connectivity index (χ2n) is 4.22. The molecule has 2 saturated heterocycles. The van der Waals surface area contributed by atoms with E-state index in [-0.39, 0.29) is 25.2 Å². The largest absolute Gasteiger partial charge is 0.379 e. The first-order valence-corrected chi connectivity index (χ1v) is 6.65. The smallest absolute Gasteiger partial charge is 0.263 e. The first-order chi connectivity index (χ1) is 7.40. The lowest BCUT2D eigenvalue weighted by molar-refractivity contribution is -0.110. The first-order valence-electron chi connectivity index (χ1n) is 5.04. The Morgan fingerprint density at radius 3 is 2.44 bits per heavy atom. The maximum atomic E-state index is 11.3. The number of methoxy groups -OCH3 is 1. The van der Waals surface area contributed by atoms with Gasteiger partial charge in [0.2, 0.25) is 7.57 Å². The predicted molar refractivity (Wildman–Crippen MR) is 58.6 cm³/mol. The summed E-state index contributed by atoms with van der Waals surface area (Å²) in [5.74, 6) is -0.0206. The van der Waals surface area contributed by atoms with Crippen LogP contribution in [0.25, 0.3) is 0 Å². The molecule has 0 aromatic heterocycles. The highest BCUT2D eigenvalue weighted by molar-refractivity contribution is 7.79. The Labute approximate surface area is 97.5 Å². The van der Waals surface area contributed by atoms with Crippen LogP contribution in [0.4, 0.5) is 0 Å². The molecule has 0 saturated carbocycles. The van der Waals surface area contributed by atoms with Gasteiger partial charge >= 0.3 is 0 Å².